The van der Waals surface area contributed by atoms with E-state index in [1.807, 2.05) is 29.8 Å². The van der Waals surface area contributed by atoms with Gasteiger partial charge in [-0.1, -0.05) is 12.1 Å². The number of thiazole rings is 1. The first-order valence-corrected chi connectivity index (χ1v) is 11.0. The molecule has 0 spiro atoms. The minimum atomic E-state index is -3.30. The van der Waals surface area contributed by atoms with Crippen LogP contribution in [0, 0.1) is 0 Å². The highest BCUT2D eigenvalue weighted by Crippen LogP contribution is 2.31. The molecular weight excluding hydrogens is 362 g/mol. The Morgan fingerprint density at radius 3 is 2.75 bits per heavy atom. The molecule has 0 amide bonds. The highest BCUT2D eigenvalue weighted by Gasteiger charge is 2.09. The summed E-state index contributed by atoms with van der Waals surface area (Å²) in [5, 5.41) is 3.82. The second-order valence-corrected chi connectivity index (χ2v) is 8.51. The van der Waals surface area contributed by atoms with E-state index in [4.69, 9.17) is 0 Å². The monoisotopic (exact) mass is 377 g/mol. The van der Waals surface area contributed by atoms with Gasteiger partial charge in [0.15, 0.2) is 0 Å². The Balaban J connectivity index is 1.92. The molecular formula is C16H15N3O2S3. The van der Waals surface area contributed by atoms with Crippen molar-refractivity contribution in [3.05, 3.63) is 48.0 Å². The number of rotatable bonds is 5. The number of nitrogens with zero attached hydrogens (tertiary/aromatic N) is 2. The van der Waals surface area contributed by atoms with Gasteiger partial charge in [0.1, 0.15) is 5.01 Å². The van der Waals surface area contributed by atoms with E-state index in [1.54, 1.807) is 47.5 Å². The van der Waals surface area contributed by atoms with E-state index in [0.717, 1.165) is 33.1 Å². The van der Waals surface area contributed by atoms with E-state index < -0.39 is 10.0 Å². The quantitative estimate of drug-likeness (QED) is 0.681. The van der Waals surface area contributed by atoms with Gasteiger partial charge in [-0.25, -0.2) is 18.4 Å². The van der Waals surface area contributed by atoms with Crippen molar-refractivity contribution in [3.63, 3.8) is 0 Å². The molecule has 5 nitrogen and oxygen atoms in total. The molecule has 2 aromatic heterocycles. The molecule has 0 bridgehead atoms. The minimum Gasteiger partial charge on any atom is -0.284 e. The molecule has 0 atom stereocenters. The van der Waals surface area contributed by atoms with Crippen LogP contribution in [0.5, 0.6) is 0 Å². The Morgan fingerprint density at radius 1 is 1.17 bits per heavy atom. The van der Waals surface area contributed by atoms with Crippen molar-refractivity contribution in [2.24, 2.45) is 0 Å². The van der Waals surface area contributed by atoms with Crippen LogP contribution < -0.4 is 4.72 Å². The maximum Gasteiger partial charge on any atom is 0.229 e. The van der Waals surface area contributed by atoms with Crippen LogP contribution in [0.4, 0.5) is 5.69 Å². The van der Waals surface area contributed by atoms with E-state index in [1.165, 1.54) is 0 Å². The normalized spacial score (nSPS) is 11.4. The number of sulfonamides is 1. The summed E-state index contributed by atoms with van der Waals surface area (Å²) in [7, 11) is -3.30. The van der Waals surface area contributed by atoms with Crippen LogP contribution in [-0.4, -0.2) is 30.9 Å². The number of nitrogens with one attached hydrogen (secondary N) is 1. The van der Waals surface area contributed by atoms with Crippen LogP contribution in [0.2, 0.25) is 0 Å². The number of benzene rings is 1. The summed E-state index contributed by atoms with van der Waals surface area (Å²) in [5.74, 6) is 0. The second kappa shape index (κ2) is 6.92. The number of pyridine rings is 1. The molecule has 0 radical (unpaired) electrons. The summed E-state index contributed by atoms with van der Waals surface area (Å²) in [4.78, 5) is 8.94. The van der Waals surface area contributed by atoms with Gasteiger partial charge < -0.3 is 0 Å². The molecule has 1 aromatic carbocycles. The number of hydrogen-bond donors (Lipinski definition) is 1. The predicted octanol–water partition coefficient (Wildman–Crippen LogP) is 3.97. The van der Waals surface area contributed by atoms with Crippen molar-refractivity contribution in [2.75, 3.05) is 17.2 Å². The molecule has 2 heterocycles. The van der Waals surface area contributed by atoms with Gasteiger partial charge in [0.2, 0.25) is 10.0 Å². The smallest absolute Gasteiger partial charge is 0.229 e. The van der Waals surface area contributed by atoms with Crippen molar-refractivity contribution in [3.8, 4) is 21.8 Å². The lowest BCUT2D eigenvalue weighted by Crippen LogP contribution is -2.09. The zero-order valence-electron chi connectivity index (χ0n) is 13.1. The Hall–Kier alpha value is -1.90. The van der Waals surface area contributed by atoms with E-state index in [9.17, 15) is 8.42 Å². The van der Waals surface area contributed by atoms with Crippen LogP contribution in [0.15, 0.2) is 53.0 Å². The van der Waals surface area contributed by atoms with Crippen molar-refractivity contribution in [2.45, 2.75) is 5.03 Å². The summed E-state index contributed by atoms with van der Waals surface area (Å²) in [6.45, 7) is 0. The predicted molar refractivity (Wildman–Crippen MR) is 101 cm³/mol. The molecule has 3 rings (SSSR count). The highest BCUT2D eigenvalue weighted by molar-refractivity contribution is 7.98. The largest absolute Gasteiger partial charge is 0.284 e. The summed E-state index contributed by atoms with van der Waals surface area (Å²) in [6, 6.07) is 11.1. The van der Waals surface area contributed by atoms with Gasteiger partial charge in [-0.15, -0.1) is 23.1 Å². The maximum absolute atomic E-state index is 11.4. The first kappa shape index (κ1) is 16.9. The first-order chi connectivity index (χ1) is 11.4. The number of hydrogen-bond acceptors (Lipinski definition) is 6. The zero-order chi connectivity index (χ0) is 17.2. The van der Waals surface area contributed by atoms with Crippen molar-refractivity contribution >= 4 is 38.8 Å². The SMILES string of the molecule is CSc1cc(-c2nc(-c3cccc(NS(C)(=O)=O)c3)cs2)ccn1. The minimum absolute atomic E-state index is 0.526. The van der Waals surface area contributed by atoms with Gasteiger partial charge in [-0.2, -0.15) is 0 Å². The average Bonchev–Trinajstić information content (AvgIpc) is 3.04. The fourth-order valence-corrected chi connectivity index (χ4v) is 3.94. The lowest BCUT2D eigenvalue weighted by atomic mass is 10.1. The van der Waals surface area contributed by atoms with Crippen LogP contribution in [-0.2, 0) is 10.0 Å². The maximum atomic E-state index is 11.4. The van der Waals surface area contributed by atoms with E-state index in [0.29, 0.717) is 5.69 Å². The first-order valence-electron chi connectivity index (χ1n) is 6.99. The zero-order valence-corrected chi connectivity index (χ0v) is 15.5. The van der Waals surface area contributed by atoms with Gasteiger partial charge >= 0.3 is 0 Å². The summed E-state index contributed by atoms with van der Waals surface area (Å²) >= 11 is 3.14. The Labute approximate surface area is 149 Å². The fraction of sp³-hybridized carbons (Fsp3) is 0.125. The van der Waals surface area contributed by atoms with Gasteiger partial charge in [-0.05, 0) is 30.5 Å². The van der Waals surface area contributed by atoms with Gasteiger partial charge in [0, 0.05) is 28.4 Å². The molecule has 0 saturated heterocycles. The number of anilines is 1. The number of aromatic nitrogens is 2. The summed E-state index contributed by atoms with van der Waals surface area (Å²) in [5.41, 5.74) is 3.23. The van der Waals surface area contributed by atoms with E-state index in [-0.39, 0.29) is 0 Å². The topological polar surface area (TPSA) is 72.0 Å². The van der Waals surface area contributed by atoms with Gasteiger partial charge in [0.25, 0.3) is 0 Å². The molecule has 0 aliphatic rings. The summed E-state index contributed by atoms with van der Waals surface area (Å²) in [6.07, 6.45) is 4.89. The molecule has 0 aliphatic carbocycles. The molecule has 0 aliphatic heterocycles. The third kappa shape index (κ3) is 4.14. The molecule has 3 aromatic rings. The van der Waals surface area contributed by atoms with Crippen LogP contribution in [0.1, 0.15) is 0 Å². The second-order valence-electron chi connectivity index (χ2n) is 5.08. The molecule has 8 heteroatoms. The van der Waals surface area contributed by atoms with E-state index >= 15 is 0 Å². The lowest BCUT2D eigenvalue weighted by Gasteiger charge is -2.05. The van der Waals surface area contributed by atoms with Gasteiger partial charge in [0.05, 0.1) is 17.0 Å². The van der Waals surface area contributed by atoms with E-state index in [2.05, 4.69) is 14.7 Å². The standard InChI is InChI=1S/C16H15N3O2S3/c1-22-15-9-12(6-7-17-15)16-18-14(10-23-16)11-4-3-5-13(8-11)19-24(2,20)21/h3-10,19H,1-2H3. The van der Waals surface area contributed by atoms with Gasteiger partial charge in [-0.3, -0.25) is 4.72 Å². The Kier molecular flexibility index (Phi) is 4.88. The highest BCUT2D eigenvalue weighted by atomic mass is 32.2. The Morgan fingerprint density at radius 2 is 2.00 bits per heavy atom. The average molecular weight is 378 g/mol. The Bertz CT molecular complexity index is 968. The van der Waals surface area contributed by atoms with Crippen molar-refractivity contribution in [1.82, 2.24) is 9.97 Å². The molecule has 124 valence electrons. The third-order valence-corrected chi connectivity index (χ3v) is 5.30. The van der Waals surface area contributed by atoms with Crippen LogP contribution in [0.3, 0.4) is 0 Å². The van der Waals surface area contributed by atoms with Crippen molar-refractivity contribution < 1.29 is 8.42 Å². The third-order valence-electron chi connectivity index (χ3n) is 3.16. The molecule has 0 saturated carbocycles. The molecule has 0 unspecified atom stereocenters. The molecule has 1 N–H and O–H groups in total. The molecule has 0 fully saturated rings. The molecule has 24 heavy (non-hydrogen) atoms. The number of thioether (sulfide) groups is 1. The lowest BCUT2D eigenvalue weighted by molar-refractivity contribution is 0.607. The fourth-order valence-electron chi connectivity index (χ4n) is 2.15. The van der Waals surface area contributed by atoms with Crippen LogP contribution in [0.25, 0.3) is 21.8 Å². The summed E-state index contributed by atoms with van der Waals surface area (Å²) < 4.78 is 25.2. The van der Waals surface area contributed by atoms with Crippen molar-refractivity contribution in [1.29, 1.82) is 0 Å². The van der Waals surface area contributed by atoms with Crippen LogP contribution >= 0.6 is 23.1 Å².